The van der Waals surface area contributed by atoms with Crippen molar-refractivity contribution in [2.75, 3.05) is 38.1 Å². The van der Waals surface area contributed by atoms with Crippen LogP contribution in [0, 0.1) is 24.1 Å². The number of aromatic amines is 1. The van der Waals surface area contributed by atoms with Crippen molar-refractivity contribution in [3.05, 3.63) is 65.6 Å². The third-order valence-corrected chi connectivity index (χ3v) is 6.69. The number of likely N-dealkylation sites (N-methyl/N-ethyl adjacent to an activating group) is 1. The second kappa shape index (κ2) is 8.18. The van der Waals surface area contributed by atoms with Crippen molar-refractivity contribution in [1.29, 1.82) is 5.26 Å². The van der Waals surface area contributed by atoms with Crippen LogP contribution in [0.4, 0.5) is 10.2 Å². The average Bonchev–Trinajstić information content (AvgIpc) is 3.47. The largest absolute Gasteiger partial charge is 0.353 e. The van der Waals surface area contributed by atoms with Crippen LogP contribution in [0.15, 0.2) is 48.7 Å². The molecular formula is C26H23FN8. The lowest BCUT2D eigenvalue weighted by Crippen LogP contribution is -2.44. The molecule has 2 aromatic carbocycles. The van der Waals surface area contributed by atoms with Gasteiger partial charge in [-0.3, -0.25) is 5.10 Å². The van der Waals surface area contributed by atoms with Crippen molar-refractivity contribution in [1.82, 2.24) is 29.7 Å². The van der Waals surface area contributed by atoms with E-state index in [1.165, 1.54) is 6.07 Å². The molecule has 0 spiro atoms. The first-order valence-electron chi connectivity index (χ1n) is 11.5. The number of hydrogen-bond acceptors (Lipinski definition) is 6. The molecule has 0 bridgehead atoms. The van der Waals surface area contributed by atoms with Crippen LogP contribution in [0.2, 0.25) is 0 Å². The van der Waals surface area contributed by atoms with E-state index in [0.29, 0.717) is 39.2 Å². The summed E-state index contributed by atoms with van der Waals surface area (Å²) in [7, 11) is 2.13. The van der Waals surface area contributed by atoms with Crippen molar-refractivity contribution in [3.63, 3.8) is 0 Å². The number of aryl methyl sites for hydroxylation is 1. The molecule has 1 aliphatic heterocycles. The number of aromatic nitrogens is 5. The van der Waals surface area contributed by atoms with Gasteiger partial charge >= 0.3 is 0 Å². The second-order valence-corrected chi connectivity index (χ2v) is 8.97. The number of benzene rings is 2. The Hall–Kier alpha value is -4.29. The first-order chi connectivity index (χ1) is 17.0. The summed E-state index contributed by atoms with van der Waals surface area (Å²) in [5.74, 6) is 0.552. The number of piperazine rings is 1. The Kier molecular flexibility index (Phi) is 4.97. The molecule has 8 nitrogen and oxygen atoms in total. The average molecular weight is 467 g/mol. The minimum Gasteiger partial charge on any atom is -0.353 e. The molecule has 0 unspecified atom stereocenters. The van der Waals surface area contributed by atoms with E-state index in [2.05, 4.69) is 33.1 Å². The Morgan fingerprint density at radius 1 is 1.09 bits per heavy atom. The van der Waals surface area contributed by atoms with Crippen molar-refractivity contribution in [3.8, 4) is 28.6 Å². The zero-order chi connectivity index (χ0) is 24.1. The molecule has 35 heavy (non-hydrogen) atoms. The highest BCUT2D eigenvalue weighted by molar-refractivity contribution is 5.97. The highest BCUT2D eigenvalue weighted by Gasteiger charge is 2.20. The summed E-state index contributed by atoms with van der Waals surface area (Å²) >= 11 is 0. The smallest absolute Gasteiger partial charge is 0.154 e. The van der Waals surface area contributed by atoms with E-state index in [4.69, 9.17) is 10.1 Å². The number of halogens is 1. The lowest BCUT2D eigenvalue weighted by atomic mass is 9.94. The van der Waals surface area contributed by atoms with Gasteiger partial charge in [-0.15, -0.1) is 5.10 Å². The maximum Gasteiger partial charge on any atom is 0.154 e. The van der Waals surface area contributed by atoms with E-state index in [0.717, 1.165) is 42.9 Å². The monoisotopic (exact) mass is 466 g/mol. The fourth-order valence-electron chi connectivity index (χ4n) is 4.72. The fraction of sp³-hybridized carbons (Fsp3) is 0.231. The second-order valence-electron chi connectivity index (χ2n) is 8.97. The molecule has 6 rings (SSSR count). The van der Waals surface area contributed by atoms with E-state index in [1.807, 2.05) is 37.4 Å². The summed E-state index contributed by atoms with van der Waals surface area (Å²) in [6, 6.07) is 14.6. The summed E-state index contributed by atoms with van der Waals surface area (Å²) < 4.78 is 16.6. The molecule has 0 amide bonds. The van der Waals surface area contributed by atoms with E-state index in [-0.39, 0.29) is 5.82 Å². The molecule has 0 atom stereocenters. The summed E-state index contributed by atoms with van der Waals surface area (Å²) in [5, 5.41) is 22.8. The predicted octanol–water partition coefficient (Wildman–Crippen LogP) is 4.01. The summed E-state index contributed by atoms with van der Waals surface area (Å²) in [4.78, 5) is 9.32. The van der Waals surface area contributed by atoms with Crippen LogP contribution in [0.3, 0.4) is 0 Å². The number of rotatable bonds is 3. The van der Waals surface area contributed by atoms with Gasteiger partial charge in [-0.2, -0.15) is 10.4 Å². The molecule has 3 aromatic heterocycles. The molecule has 0 saturated carbocycles. The number of imidazole rings is 1. The normalized spacial score (nSPS) is 14.6. The minimum atomic E-state index is -0.362. The molecule has 0 radical (unpaired) electrons. The van der Waals surface area contributed by atoms with Crippen LogP contribution in [0.5, 0.6) is 0 Å². The summed E-state index contributed by atoms with van der Waals surface area (Å²) in [6.45, 7) is 5.71. The molecule has 1 saturated heterocycles. The summed E-state index contributed by atoms with van der Waals surface area (Å²) in [5.41, 5.74) is 4.80. The van der Waals surface area contributed by atoms with Crippen LogP contribution >= 0.6 is 0 Å². The Morgan fingerprint density at radius 3 is 2.69 bits per heavy atom. The van der Waals surface area contributed by atoms with Gasteiger partial charge in [0, 0.05) is 42.7 Å². The number of H-pyrrole nitrogens is 1. The first kappa shape index (κ1) is 21.3. The highest BCUT2D eigenvalue weighted by Crippen LogP contribution is 2.35. The van der Waals surface area contributed by atoms with Crippen LogP contribution < -0.4 is 4.90 Å². The van der Waals surface area contributed by atoms with Gasteiger partial charge in [-0.1, -0.05) is 12.1 Å². The van der Waals surface area contributed by atoms with Gasteiger partial charge in [0.25, 0.3) is 0 Å². The topological polar surface area (TPSA) is 89.1 Å². The van der Waals surface area contributed by atoms with Gasteiger partial charge in [-0.25, -0.2) is 13.9 Å². The number of nitrogens with one attached hydrogen (secondary N) is 1. The Balaban J connectivity index is 1.45. The first-order valence-corrected chi connectivity index (χ1v) is 11.5. The predicted molar refractivity (Wildman–Crippen MR) is 133 cm³/mol. The van der Waals surface area contributed by atoms with Crippen LogP contribution in [0.1, 0.15) is 11.1 Å². The van der Waals surface area contributed by atoms with Crippen molar-refractivity contribution in [2.45, 2.75) is 6.92 Å². The molecule has 5 aromatic rings. The third kappa shape index (κ3) is 3.59. The van der Waals surface area contributed by atoms with Gasteiger partial charge in [-0.05, 0) is 49.9 Å². The number of anilines is 1. The standard InChI is InChI=1S/C26H23FN8/c1-16-4-3-5-20(27)25(16)18-13-19-21(12-17(18)14-28)30-31-26(19)22-15-35-23(29-22)6-7-24(32-35)34-10-8-33(2)9-11-34/h3-7,12-13,15H,8-11H2,1-2H3,(H,30,31). The van der Waals surface area contributed by atoms with Gasteiger partial charge in [0.05, 0.1) is 23.3 Å². The molecule has 1 fully saturated rings. The molecule has 1 N–H and O–H groups in total. The van der Waals surface area contributed by atoms with Crippen molar-refractivity contribution < 1.29 is 4.39 Å². The molecule has 0 aliphatic carbocycles. The number of nitriles is 1. The lowest BCUT2D eigenvalue weighted by molar-refractivity contribution is 0.311. The molecule has 4 heterocycles. The van der Waals surface area contributed by atoms with Gasteiger partial charge < -0.3 is 9.80 Å². The number of nitrogens with zero attached hydrogens (tertiary/aromatic N) is 7. The van der Waals surface area contributed by atoms with Crippen LogP contribution in [-0.4, -0.2) is 62.9 Å². The Morgan fingerprint density at radius 2 is 1.91 bits per heavy atom. The quantitative estimate of drug-likeness (QED) is 0.432. The Bertz CT molecular complexity index is 1600. The molecule has 1 aliphatic rings. The summed E-state index contributed by atoms with van der Waals surface area (Å²) in [6.07, 6.45) is 1.86. The van der Waals surface area contributed by atoms with E-state index < -0.39 is 0 Å². The van der Waals surface area contributed by atoms with Gasteiger partial charge in [0.1, 0.15) is 23.0 Å². The minimum absolute atomic E-state index is 0.362. The van der Waals surface area contributed by atoms with E-state index in [9.17, 15) is 9.65 Å². The zero-order valence-electron chi connectivity index (χ0n) is 19.5. The van der Waals surface area contributed by atoms with Crippen molar-refractivity contribution >= 4 is 22.4 Å². The molecule has 9 heteroatoms. The highest BCUT2D eigenvalue weighted by atomic mass is 19.1. The maximum absolute atomic E-state index is 14.8. The number of fused-ring (bicyclic) bond motifs is 2. The lowest BCUT2D eigenvalue weighted by Gasteiger charge is -2.32. The fourth-order valence-corrected chi connectivity index (χ4v) is 4.72. The van der Waals surface area contributed by atoms with Gasteiger partial charge in [0.15, 0.2) is 5.65 Å². The maximum atomic E-state index is 14.8. The SMILES string of the molecule is Cc1cccc(F)c1-c1cc2c(-c3cn4nc(N5CCN(C)CC5)ccc4n3)n[nH]c2cc1C#N. The number of hydrogen-bond donors (Lipinski definition) is 1. The molecular weight excluding hydrogens is 443 g/mol. The van der Waals surface area contributed by atoms with E-state index in [1.54, 1.807) is 16.6 Å². The Labute approximate surface area is 201 Å². The van der Waals surface area contributed by atoms with Gasteiger partial charge in [0.2, 0.25) is 0 Å². The van der Waals surface area contributed by atoms with E-state index >= 15 is 0 Å². The zero-order valence-corrected chi connectivity index (χ0v) is 19.5. The third-order valence-electron chi connectivity index (χ3n) is 6.69. The van der Waals surface area contributed by atoms with Crippen molar-refractivity contribution in [2.24, 2.45) is 0 Å². The van der Waals surface area contributed by atoms with Crippen LogP contribution in [0.25, 0.3) is 39.1 Å². The van der Waals surface area contributed by atoms with Crippen LogP contribution in [-0.2, 0) is 0 Å². The molecule has 174 valence electrons.